The molecule has 188 valence electrons. The third-order valence-electron chi connectivity index (χ3n) is 7.67. The third-order valence-corrected chi connectivity index (χ3v) is 7.67. The number of hydrogen-bond acceptors (Lipinski definition) is 5. The molecule has 2 amide bonds. The molecule has 3 heterocycles. The van der Waals surface area contributed by atoms with Crippen molar-refractivity contribution < 1.29 is 14.3 Å². The Morgan fingerprint density at radius 3 is 2.66 bits per heavy atom. The lowest BCUT2D eigenvalue weighted by Gasteiger charge is -2.41. The van der Waals surface area contributed by atoms with Crippen LogP contribution in [0.1, 0.15) is 76.3 Å². The number of para-hydroxylation sites is 1. The largest absolute Gasteiger partial charge is 0.444 e. The SMILES string of the molecule is Cn1ccnc1C1Nc2ccccc2C2C1CCN2C(=O)[C@H]1CCCC[C@H]1NC(=O)OC(C)(C)C. The normalized spacial score (nSPS) is 28.0. The first-order valence-electron chi connectivity index (χ1n) is 12.9. The fourth-order valence-corrected chi connectivity index (χ4v) is 6.18. The number of nitrogens with one attached hydrogen (secondary N) is 2. The predicted octanol–water partition coefficient (Wildman–Crippen LogP) is 4.56. The Bertz CT molecular complexity index is 1090. The number of fused-ring (bicyclic) bond motifs is 3. The molecular weight excluding hydrogens is 442 g/mol. The number of aryl methyl sites for hydroxylation is 1. The summed E-state index contributed by atoms with van der Waals surface area (Å²) < 4.78 is 7.57. The zero-order valence-electron chi connectivity index (χ0n) is 21.2. The van der Waals surface area contributed by atoms with Gasteiger partial charge >= 0.3 is 6.09 Å². The zero-order chi connectivity index (χ0) is 24.7. The minimum Gasteiger partial charge on any atom is -0.444 e. The molecule has 2 N–H and O–H groups in total. The fourth-order valence-electron chi connectivity index (χ4n) is 6.18. The van der Waals surface area contributed by atoms with E-state index in [1.54, 1.807) is 0 Å². The zero-order valence-corrected chi connectivity index (χ0v) is 21.2. The highest BCUT2D eigenvalue weighted by molar-refractivity contribution is 5.82. The van der Waals surface area contributed by atoms with Gasteiger partial charge in [-0.05, 0) is 51.7 Å². The van der Waals surface area contributed by atoms with Crippen molar-refractivity contribution in [3.8, 4) is 0 Å². The number of alkyl carbamates (subject to hydrolysis) is 1. The molecule has 5 rings (SSSR count). The van der Waals surface area contributed by atoms with Gasteiger partial charge in [0.2, 0.25) is 5.91 Å². The molecule has 5 atom stereocenters. The van der Waals surface area contributed by atoms with Crippen LogP contribution >= 0.6 is 0 Å². The smallest absolute Gasteiger partial charge is 0.407 e. The molecule has 2 aliphatic heterocycles. The minimum atomic E-state index is -0.570. The number of nitrogens with zero attached hydrogens (tertiary/aromatic N) is 3. The van der Waals surface area contributed by atoms with E-state index in [4.69, 9.17) is 4.74 Å². The number of likely N-dealkylation sites (tertiary alicyclic amines) is 1. The average molecular weight is 480 g/mol. The Morgan fingerprint density at radius 2 is 1.91 bits per heavy atom. The molecule has 0 spiro atoms. The van der Waals surface area contributed by atoms with Crippen LogP contribution in [0.15, 0.2) is 36.7 Å². The molecular formula is C27H37N5O3. The maximum atomic E-state index is 14.1. The summed E-state index contributed by atoms with van der Waals surface area (Å²) in [6.07, 6.45) is 7.86. The van der Waals surface area contributed by atoms with E-state index in [-0.39, 0.29) is 35.9 Å². The molecule has 3 unspecified atom stereocenters. The van der Waals surface area contributed by atoms with Crippen molar-refractivity contribution in [3.05, 3.63) is 48.0 Å². The van der Waals surface area contributed by atoms with Crippen LogP contribution in [-0.4, -0.2) is 44.6 Å². The van der Waals surface area contributed by atoms with E-state index >= 15 is 0 Å². The molecule has 8 nitrogen and oxygen atoms in total. The van der Waals surface area contributed by atoms with Crippen LogP contribution in [0.3, 0.4) is 0 Å². The van der Waals surface area contributed by atoms with Crippen molar-refractivity contribution in [2.24, 2.45) is 18.9 Å². The summed E-state index contributed by atoms with van der Waals surface area (Å²) in [5.74, 6) is 1.14. The summed E-state index contributed by atoms with van der Waals surface area (Å²) in [5.41, 5.74) is 1.66. The molecule has 1 aliphatic carbocycles. The molecule has 3 aliphatic rings. The molecule has 1 saturated heterocycles. The molecule has 1 aromatic carbocycles. The molecule has 2 aromatic rings. The van der Waals surface area contributed by atoms with E-state index in [9.17, 15) is 9.59 Å². The number of carbonyl (C=O) groups is 2. The summed E-state index contributed by atoms with van der Waals surface area (Å²) in [4.78, 5) is 33.4. The van der Waals surface area contributed by atoms with Crippen molar-refractivity contribution in [2.45, 2.75) is 76.6 Å². The lowest BCUT2D eigenvalue weighted by Crippen LogP contribution is -2.51. The number of ether oxygens (including phenoxy) is 1. The number of carbonyl (C=O) groups excluding carboxylic acids is 2. The fraction of sp³-hybridized carbons (Fsp3) is 0.593. The van der Waals surface area contributed by atoms with Gasteiger partial charge in [-0.2, -0.15) is 0 Å². The van der Waals surface area contributed by atoms with Gasteiger partial charge in [0.05, 0.1) is 18.0 Å². The lowest BCUT2D eigenvalue weighted by molar-refractivity contribution is -0.139. The van der Waals surface area contributed by atoms with Gasteiger partial charge in [-0.15, -0.1) is 0 Å². The maximum absolute atomic E-state index is 14.1. The van der Waals surface area contributed by atoms with Gasteiger partial charge in [-0.1, -0.05) is 31.0 Å². The van der Waals surface area contributed by atoms with Crippen LogP contribution in [0, 0.1) is 11.8 Å². The van der Waals surface area contributed by atoms with Crippen LogP contribution < -0.4 is 10.6 Å². The quantitative estimate of drug-likeness (QED) is 0.674. The Kier molecular flexibility index (Phi) is 6.23. The molecule has 8 heteroatoms. The van der Waals surface area contributed by atoms with Crippen LogP contribution in [-0.2, 0) is 16.6 Å². The number of rotatable bonds is 3. The first kappa shape index (κ1) is 23.7. The number of benzene rings is 1. The van der Waals surface area contributed by atoms with E-state index < -0.39 is 11.7 Å². The van der Waals surface area contributed by atoms with E-state index in [0.717, 1.165) is 43.6 Å². The van der Waals surface area contributed by atoms with Gasteiger partial charge in [0.25, 0.3) is 0 Å². The highest BCUT2D eigenvalue weighted by Crippen LogP contribution is 2.51. The molecule has 35 heavy (non-hydrogen) atoms. The molecule has 0 bridgehead atoms. The maximum Gasteiger partial charge on any atom is 0.407 e. The monoisotopic (exact) mass is 479 g/mol. The second-order valence-electron chi connectivity index (χ2n) is 11.2. The summed E-state index contributed by atoms with van der Waals surface area (Å²) in [7, 11) is 2.02. The van der Waals surface area contributed by atoms with Crippen molar-refractivity contribution in [2.75, 3.05) is 11.9 Å². The third kappa shape index (κ3) is 4.62. The second kappa shape index (κ2) is 9.21. The summed E-state index contributed by atoms with van der Waals surface area (Å²) in [6.45, 7) is 6.27. The number of aromatic nitrogens is 2. The van der Waals surface area contributed by atoms with E-state index in [1.807, 2.05) is 52.3 Å². The summed E-state index contributed by atoms with van der Waals surface area (Å²) in [5, 5.41) is 6.74. The van der Waals surface area contributed by atoms with Crippen molar-refractivity contribution in [3.63, 3.8) is 0 Å². The first-order valence-corrected chi connectivity index (χ1v) is 12.9. The van der Waals surface area contributed by atoms with E-state index in [2.05, 4.69) is 37.2 Å². The van der Waals surface area contributed by atoms with Gasteiger partial charge in [0.15, 0.2) is 0 Å². The second-order valence-corrected chi connectivity index (χ2v) is 11.2. The molecule has 1 saturated carbocycles. The lowest BCUT2D eigenvalue weighted by atomic mass is 9.80. The number of imidazole rings is 1. The predicted molar refractivity (Wildman–Crippen MR) is 134 cm³/mol. The molecule has 2 fully saturated rings. The standard InChI is InChI=1S/C27H37N5O3/c1-27(2,3)35-26(34)30-21-12-8-6-10-18(21)25(33)32-15-13-19-22(24-28-14-16-31(24)4)29-20-11-7-5-9-17(20)23(19)32/h5,7,9,11,14,16,18-19,21-23,29H,6,8,10,12-13,15H2,1-4H3,(H,30,34)/t18-,19?,21+,22?,23?/m0/s1. The highest BCUT2D eigenvalue weighted by Gasteiger charge is 2.49. The Hall–Kier alpha value is -3.03. The van der Waals surface area contributed by atoms with Crippen LogP contribution in [0.2, 0.25) is 0 Å². The van der Waals surface area contributed by atoms with Crippen molar-refractivity contribution in [1.29, 1.82) is 0 Å². The summed E-state index contributed by atoms with van der Waals surface area (Å²) in [6, 6.07) is 8.14. The Balaban J connectivity index is 1.41. The van der Waals surface area contributed by atoms with Gasteiger partial charge in [-0.25, -0.2) is 9.78 Å². The van der Waals surface area contributed by atoms with Crippen LogP contribution in [0.5, 0.6) is 0 Å². The Morgan fingerprint density at radius 1 is 1.14 bits per heavy atom. The van der Waals surface area contributed by atoms with Crippen molar-refractivity contribution >= 4 is 17.7 Å². The van der Waals surface area contributed by atoms with E-state index in [1.165, 1.54) is 5.56 Å². The van der Waals surface area contributed by atoms with Gasteiger partial charge in [-0.3, -0.25) is 4.79 Å². The number of anilines is 1. The topological polar surface area (TPSA) is 88.5 Å². The minimum absolute atomic E-state index is 0.00856. The van der Waals surface area contributed by atoms with E-state index in [0.29, 0.717) is 6.54 Å². The first-order chi connectivity index (χ1) is 16.7. The van der Waals surface area contributed by atoms with Gasteiger partial charge in [0.1, 0.15) is 11.4 Å². The highest BCUT2D eigenvalue weighted by atomic mass is 16.6. The van der Waals surface area contributed by atoms with Crippen molar-refractivity contribution in [1.82, 2.24) is 19.8 Å². The Labute approximate surface area is 207 Å². The number of hydrogen-bond donors (Lipinski definition) is 2. The molecule has 1 aromatic heterocycles. The van der Waals surface area contributed by atoms with Crippen LogP contribution in [0.4, 0.5) is 10.5 Å². The summed E-state index contributed by atoms with van der Waals surface area (Å²) >= 11 is 0. The van der Waals surface area contributed by atoms with Gasteiger partial charge in [0, 0.05) is 43.6 Å². The average Bonchev–Trinajstić information content (AvgIpc) is 3.44. The van der Waals surface area contributed by atoms with Gasteiger partial charge < -0.3 is 24.8 Å². The molecule has 0 radical (unpaired) electrons. The number of amides is 2. The van der Waals surface area contributed by atoms with Crippen LogP contribution in [0.25, 0.3) is 0 Å².